The lowest BCUT2D eigenvalue weighted by atomic mass is 9.78. The molecular weight excluding hydrogens is 294 g/mol. The van der Waals surface area contributed by atoms with Crippen LogP contribution >= 0.6 is 11.8 Å². The van der Waals surface area contributed by atoms with E-state index in [1.54, 1.807) is 0 Å². The molecule has 2 fully saturated rings. The van der Waals surface area contributed by atoms with Gasteiger partial charge < -0.3 is 4.74 Å². The third kappa shape index (κ3) is 2.99. The summed E-state index contributed by atoms with van der Waals surface area (Å²) in [6.45, 7) is 0.526. The van der Waals surface area contributed by atoms with Crippen molar-refractivity contribution in [2.75, 3.05) is 18.1 Å². The van der Waals surface area contributed by atoms with E-state index in [4.69, 9.17) is 4.74 Å². The van der Waals surface area contributed by atoms with Crippen LogP contribution in [0.2, 0.25) is 0 Å². The van der Waals surface area contributed by atoms with Crippen LogP contribution in [0.3, 0.4) is 0 Å². The summed E-state index contributed by atoms with van der Waals surface area (Å²) in [5.74, 6) is -0.463. The first-order valence-electron chi connectivity index (χ1n) is 7.31. The maximum atomic E-state index is 13.8. The molecule has 114 valence electrons. The molecular formula is C16H18F2O2S. The first-order valence-corrected chi connectivity index (χ1v) is 8.47. The molecule has 2 aliphatic heterocycles. The van der Waals surface area contributed by atoms with Gasteiger partial charge in [-0.05, 0) is 49.3 Å². The minimum absolute atomic E-state index is 0.123. The fraction of sp³-hybridized carbons (Fsp3) is 0.562. The number of rotatable bonds is 2. The lowest BCUT2D eigenvalue weighted by molar-refractivity contribution is -0.0960. The SMILES string of the molecule is O=C(c1cccc(F)c1F)C1CCOC2(CCSCC2)C1. The molecule has 2 heterocycles. The number of hydrogen-bond acceptors (Lipinski definition) is 3. The summed E-state index contributed by atoms with van der Waals surface area (Å²) in [6.07, 6.45) is 3.09. The molecule has 2 nitrogen and oxygen atoms in total. The van der Waals surface area contributed by atoms with Gasteiger partial charge in [0.25, 0.3) is 0 Å². The molecule has 1 atom stereocenters. The Labute approximate surface area is 127 Å². The molecule has 0 N–H and O–H groups in total. The van der Waals surface area contributed by atoms with Gasteiger partial charge >= 0.3 is 0 Å². The van der Waals surface area contributed by atoms with Gasteiger partial charge in [0.15, 0.2) is 17.4 Å². The molecule has 3 rings (SSSR count). The van der Waals surface area contributed by atoms with Crippen LogP contribution < -0.4 is 0 Å². The van der Waals surface area contributed by atoms with Gasteiger partial charge in [-0.2, -0.15) is 11.8 Å². The highest BCUT2D eigenvalue weighted by atomic mass is 32.2. The molecule has 2 aliphatic rings. The fourth-order valence-electron chi connectivity index (χ4n) is 3.26. The summed E-state index contributed by atoms with van der Waals surface area (Å²) in [5, 5.41) is 0. The Morgan fingerprint density at radius 3 is 2.81 bits per heavy atom. The van der Waals surface area contributed by atoms with Gasteiger partial charge in [0.1, 0.15) is 0 Å². The highest BCUT2D eigenvalue weighted by Crippen LogP contribution is 2.40. The van der Waals surface area contributed by atoms with Gasteiger partial charge in [-0.3, -0.25) is 4.79 Å². The number of Topliss-reactive ketones (excluding diaryl/α,β-unsaturated/α-hetero) is 1. The molecule has 0 amide bonds. The van der Waals surface area contributed by atoms with Crippen LogP contribution in [0.25, 0.3) is 0 Å². The quantitative estimate of drug-likeness (QED) is 0.776. The minimum atomic E-state index is -1.03. The van der Waals surface area contributed by atoms with Gasteiger partial charge in [0.05, 0.1) is 11.2 Å². The third-order valence-electron chi connectivity index (χ3n) is 4.48. The van der Waals surface area contributed by atoms with Crippen molar-refractivity contribution in [3.8, 4) is 0 Å². The van der Waals surface area contributed by atoms with E-state index in [2.05, 4.69) is 0 Å². The van der Waals surface area contributed by atoms with Crippen molar-refractivity contribution in [1.29, 1.82) is 0 Å². The molecule has 0 aromatic heterocycles. The largest absolute Gasteiger partial charge is 0.375 e. The predicted octanol–water partition coefficient (Wildman–Crippen LogP) is 3.84. The highest BCUT2D eigenvalue weighted by molar-refractivity contribution is 7.99. The maximum Gasteiger partial charge on any atom is 0.169 e. The summed E-state index contributed by atoms with van der Waals surface area (Å²) in [7, 11) is 0. The van der Waals surface area contributed by atoms with Crippen LogP contribution in [0.1, 0.15) is 36.0 Å². The monoisotopic (exact) mass is 312 g/mol. The van der Waals surface area contributed by atoms with Gasteiger partial charge in [0, 0.05) is 12.5 Å². The summed E-state index contributed by atoms with van der Waals surface area (Å²) >= 11 is 1.90. The summed E-state index contributed by atoms with van der Waals surface area (Å²) in [4.78, 5) is 12.5. The van der Waals surface area contributed by atoms with Crippen molar-refractivity contribution in [2.45, 2.75) is 31.3 Å². The smallest absolute Gasteiger partial charge is 0.169 e. The molecule has 0 saturated carbocycles. The zero-order valence-electron chi connectivity index (χ0n) is 11.7. The van der Waals surface area contributed by atoms with Crippen LogP contribution in [-0.4, -0.2) is 29.5 Å². The van der Waals surface area contributed by atoms with E-state index in [0.29, 0.717) is 19.4 Å². The second-order valence-electron chi connectivity index (χ2n) is 5.80. The molecule has 2 saturated heterocycles. The highest BCUT2D eigenvalue weighted by Gasteiger charge is 2.41. The van der Waals surface area contributed by atoms with Crippen LogP contribution in [0.4, 0.5) is 8.78 Å². The molecule has 1 aromatic rings. The van der Waals surface area contributed by atoms with E-state index >= 15 is 0 Å². The normalized spacial score (nSPS) is 25.0. The number of hydrogen-bond donors (Lipinski definition) is 0. The number of carbonyl (C=O) groups is 1. The molecule has 0 bridgehead atoms. The molecule has 1 spiro atoms. The molecule has 0 aliphatic carbocycles. The van der Waals surface area contributed by atoms with E-state index in [1.165, 1.54) is 12.1 Å². The summed E-state index contributed by atoms with van der Waals surface area (Å²) in [5.41, 5.74) is -0.351. The van der Waals surface area contributed by atoms with Gasteiger partial charge in [-0.1, -0.05) is 6.07 Å². The number of ether oxygens (including phenoxy) is 1. The second-order valence-corrected chi connectivity index (χ2v) is 7.02. The number of halogens is 2. The van der Waals surface area contributed by atoms with Crippen LogP contribution in [0.15, 0.2) is 18.2 Å². The Hall–Kier alpha value is -0.940. The number of thioether (sulfide) groups is 1. The summed E-state index contributed by atoms with van der Waals surface area (Å²) < 4.78 is 33.1. The average Bonchev–Trinajstić information content (AvgIpc) is 2.50. The Bertz CT molecular complexity index is 536. The van der Waals surface area contributed by atoms with Crippen molar-refractivity contribution >= 4 is 17.5 Å². The summed E-state index contributed by atoms with van der Waals surface area (Å²) in [6, 6.07) is 3.80. The van der Waals surface area contributed by atoms with Crippen molar-refractivity contribution in [3.63, 3.8) is 0 Å². The molecule has 1 aromatic carbocycles. The van der Waals surface area contributed by atoms with Crippen molar-refractivity contribution < 1.29 is 18.3 Å². The van der Waals surface area contributed by atoms with Gasteiger partial charge in [-0.25, -0.2) is 8.78 Å². The number of benzene rings is 1. The van der Waals surface area contributed by atoms with Crippen LogP contribution in [0, 0.1) is 17.6 Å². The fourth-order valence-corrected chi connectivity index (χ4v) is 4.49. The van der Waals surface area contributed by atoms with Crippen molar-refractivity contribution in [2.24, 2.45) is 5.92 Å². The van der Waals surface area contributed by atoms with E-state index in [9.17, 15) is 13.6 Å². The zero-order valence-corrected chi connectivity index (χ0v) is 12.6. The minimum Gasteiger partial charge on any atom is -0.375 e. The van der Waals surface area contributed by atoms with E-state index in [-0.39, 0.29) is 22.9 Å². The standard InChI is InChI=1S/C16H18F2O2S/c17-13-3-1-2-12(14(13)18)15(19)11-4-7-20-16(10-11)5-8-21-9-6-16/h1-3,11H,4-10H2. The maximum absolute atomic E-state index is 13.8. The Kier molecular flexibility index (Phi) is 4.31. The Balaban J connectivity index is 1.79. The lowest BCUT2D eigenvalue weighted by Crippen LogP contribution is -2.44. The first kappa shape index (κ1) is 15.0. The molecule has 0 radical (unpaired) electrons. The second kappa shape index (κ2) is 6.05. The Morgan fingerprint density at radius 1 is 1.29 bits per heavy atom. The molecule has 21 heavy (non-hydrogen) atoms. The van der Waals surface area contributed by atoms with E-state index in [0.717, 1.165) is 30.4 Å². The molecule has 1 unspecified atom stereocenters. The lowest BCUT2D eigenvalue weighted by Gasteiger charge is -2.42. The van der Waals surface area contributed by atoms with Crippen molar-refractivity contribution in [1.82, 2.24) is 0 Å². The van der Waals surface area contributed by atoms with Crippen LogP contribution in [-0.2, 0) is 4.74 Å². The van der Waals surface area contributed by atoms with Gasteiger partial charge in [-0.15, -0.1) is 0 Å². The average molecular weight is 312 g/mol. The zero-order chi connectivity index (χ0) is 14.9. The number of ketones is 1. The van der Waals surface area contributed by atoms with E-state index < -0.39 is 11.6 Å². The van der Waals surface area contributed by atoms with Crippen molar-refractivity contribution in [3.05, 3.63) is 35.4 Å². The topological polar surface area (TPSA) is 26.3 Å². The third-order valence-corrected chi connectivity index (χ3v) is 5.47. The predicted molar refractivity (Wildman–Crippen MR) is 78.7 cm³/mol. The van der Waals surface area contributed by atoms with Gasteiger partial charge in [0.2, 0.25) is 0 Å². The Morgan fingerprint density at radius 2 is 2.05 bits per heavy atom. The van der Waals surface area contributed by atoms with E-state index in [1.807, 2.05) is 11.8 Å². The van der Waals surface area contributed by atoms with Crippen LogP contribution in [0.5, 0.6) is 0 Å². The number of carbonyl (C=O) groups excluding carboxylic acids is 1. The molecule has 5 heteroatoms. The first-order chi connectivity index (χ1) is 10.1.